The van der Waals surface area contributed by atoms with Crippen molar-refractivity contribution >= 4 is 0 Å². The van der Waals surface area contributed by atoms with Gasteiger partial charge in [0, 0.05) is 39.3 Å². The molecule has 15 heavy (non-hydrogen) atoms. The normalized spacial score (nSPS) is 26.8. The van der Waals surface area contributed by atoms with Crippen LogP contribution in [0.15, 0.2) is 0 Å². The molecule has 0 aliphatic carbocycles. The first kappa shape index (κ1) is 12.9. The van der Waals surface area contributed by atoms with Crippen molar-refractivity contribution in [2.24, 2.45) is 0 Å². The number of likely N-dealkylation sites (N-methyl/N-ethyl adjacent to an activating group) is 2. The average Bonchev–Trinajstić information content (AvgIpc) is 2.62. The Morgan fingerprint density at radius 2 is 2.00 bits per heavy atom. The fourth-order valence-electron chi connectivity index (χ4n) is 1.94. The molecule has 1 rings (SSSR count). The van der Waals surface area contributed by atoms with E-state index in [9.17, 15) is 0 Å². The summed E-state index contributed by atoms with van der Waals surface area (Å²) in [6, 6.07) is 0.599. The van der Waals surface area contributed by atoms with E-state index in [0.29, 0.717) is 12.1 Å². The minimum Gasteiger partial charge on any atom is -0.380 e. The molecule has 1 saturated heterocycles. The lowest BCUT2D eigenvalue weighted by atomic mass is 10.2. The van der Waals surface area contributed by atoms with E-state index in [2.05, 4.69) is 36.3 Å². The lowest BCUT2D eigenvalue weighted by Gasteiger charge is -2.22. The van der Waals surface area contributed by atoms with E-state index in [4.69, 9.17) is 4.74 Å². The molecule has 4 heteroatoms. The molecular formula is C11H25N3O. The van der Waals surface area contributed by atoms with Gasteiger partial charge in [-0.2, -0.15) is 0 Å². The first-order valence-electron chi connectivity index (χ1n) is 5.71. The molecule has 0 radical (unpaired) electrons. The van der Waals surface area contributed by atoms with Crippen LogP contribution in [0.4, 0.5) is 0 Å². The molecule has 0 aromatic carbocycles. The monoisotopic (exact) mass is 215 g/mol. The highest BCUT2D eigenvalue weighted by molar-refractivity contribution is 4.83. The fraction of sp³-hybridized carbons (Fsp3) is 1.00. The van der Waals surface area contributed by atoms with Gasteiger partial charge in [-0.05, 0) is 27.6 Å². The van der Waals surface area contributed by atoms with E-state index in [1.165, 1.54) is 0 Å². The third-order valence-corrected chi connectivity index (χ3v) is 2.98. The van der Waals surface area contributed by atoms with Crippen LogP contribution in [0.2, 0.25) is 0 Å². The van der Waals surface area contributed by atoms with Crippen LogP contribution >= 0.6 is 0 Å². The maximum Gasteiger partial charge on any atom is 0.0711 e. The fourth-order valence-corrected chi connectivity index (χ4v) is 1.94. The van der Waals surface area contributed by atoms with Crippen molar-refractivity contribution in [2.45, 2.75) is 18.6 Å². The Morgan fingerprint density at radius 3 is 2.53 bits per heavy atom. The van der Waals surface area contributed by atoms with Gasteiger partial charge in [0.05, 0.1) is 6.10 Å². The van der Waals surface area contributed by atoms with Crippen LogP contribution < -0.4 is 5.32 Å². The molecule has 0 amide bonds. The van der Waals surface area contributed by atoms with Crippen LogP contribution in [0.25, 0.3) is 0 Å². The minimum absolute atomic E-state index is 0.414. The number of hydrogen-bond donors (Lipinski definition) is 1. The van der Waals surface area contributed by atoms with Gasteiger partial charge in [-0.3, -0.25) is 0 Å². The topological polar surface area (TPSA) is 27.7 Å². The molecule has 0 saturated carbocycles. The molecule has 1 N–H and O–H groups in total. The summed E-state index contributed by atoms with van der Waals surface area (Å²) in [5, 5.41) is 3.50. The second kappa shape index (κ2) is 6.43. The molecule has 1 aliphatic heterocycles. The molecule has 0 aromatic heterocycles. The highest BCUT2D eigenvalue weighted by Gasteiger charge is 2.24. The zero-order valence-electron chi connectivity index (χ0n) is 10.5. The zero-order valence-corrected chi connectivity index (χ0v) is 10.5. The Balaban J connectivity index is 2.13. The molecule has 90 valence electrons. The van der Waals surface area contributed by atoms with Crippen molar-refractivity contribution in [3.63, 3.8) is 0 Å². The molecule has 2 atom stereocenters. The maximum atomic E-state index is 5.33. The molecule has 2 unspecified atom stereocenters. The SMILES string of the molecule is COC1CNC(CN(C)CCN(C)C)C1. The van der Waals surface area contributed by atoms with Crippen molar-refractivity contribution in [1.29, 1.82) is 0 Å². The second-order valence-electron chi connectivity index (χ2n) is 4.76. The minimum atomic E-state index is 0.414. The summed E-state index contributed by atoms with van der Waals surface area (Å²) in [6.07, 6.45) is 1.56. The van der Waals surface area contributed by atoms with E-state index >= 15 is 0 Å². The van der Waals surface area contributed by atoms with Crippen molar-refractivity contribution < 1.29 is 4.74 Å². The Kier molecular flexibility index (Phi) is 5.53. The molecule has 0 bridgehead atoms. The van der Waals surface area contributed by atoms with E-state index in [1.54, 1.807) is 7.11 Å². The molecule has 0 spiro atoms. The quantitative estimate of drug-likeness (QED) is 0.667. The first-order chi connectivity index (χ1) is 7.11. The molecule has 1 heterocycles. The lowest BCUT2D eigenvalue weighted by molar-refractivity contribution is 0.116. The van der Waals surface area contributed by atoms with E-state index < -0.39 is 0 Å². The average molecular weight is 215 g/mol. The third-order valence-electron chi connectivity index (χ3n) is 2.98. The smallest absolute Gasteiger partial charge is 0.0711 e. The van der Waals surface area contributed by atoms with E-state index in [0.717, 1.165) is 32.6 Å². The van der Waals surface area contributed by atoms with Gasteiger partial charge in [0.2, 0.25) is 0 Å². The van der Waals surface area contributed by atoms with Gasteiger partial charge >= 0.3 is 0 Å². The van der Waals surface area contributed by atoms with Crippen LogP contribution in [0.5, 0.6) is 0 Å². The summed E-state index contributed by atoms with van der Waals surface area (Å²) in [6.45, 7) is 4.37. The number of nitrogens with zero attached hydrogens (tertiary/aromatic N) is 2. The molecule has 4 nitrogen and oxygen atoms in total. The highest BCUT2D eigenvalue weighted by atomic mass is 16.5. The summed E-state index contributed by atoms with van der Waals surface area (Å²) in [7, 11) is 8.21. The Hall–Kier alpha value is -0.160. The van der Waals surface area contributed by atoms with Crippen molar-refractivity contribution in [3.8, 4) is 0 Å². The molecule has 1 fully saturated rings. The highest BCUT2D eigenvalue weighted by Crippen LogP contribution is 2.10. The summed E-state index contributed by atoms with van der Waals surface area (Å²) >= 11 is 0. The van der Waals surface area contributed by atoms with Crippen LogP contribution in [-0.4, -0.2) is 76.4 Å². The predicted molar refractivity (Wildman–Crippen MR) is 63.3 cm³/mol. The third kappa shape index (κ3) is 4.93. The van der Waals surface area contributed by atoms with Gasteiger partial charge in [0.25, 0.3) is 0 Å². The number of methoxy groups -OCH3 is 1. The Morgan fingerprint density at radius 1 is 1.27 bits per heavy atom. The van der Waals surface area contributed by atoms with Crippen LogP contribution in [0, 0.1) is 0 Å². The summed E-state index contributed by atoms with van der Waals surface area (Å²) in [4.78, 5) is 4.60. The molecule has 0 aromatic rings. The van der Waals surface area contributed by atoms with Gasteiger partial charge in [-0.1, -0.05) is 0 Å². The van der Waals surface area contributed by atoms with Crippen LogP contribution in [0.1, 0.15) is 6.42 Å². The number of hydrogen-bond acceptors (Lipinski definition) is 4. The zero-order chi connectivity index (χ0) is 11.3. The standard InChI is InChI=1S/C11H25N3O/c1-13(2)5-6-14(3)9-10-7-11(15-4)8-12-10/h10-12H,5-9H2,1-4H3. The van der Waals surface area contributed by atoms with Crippen LogP contribution in [0.3, 0.4) is 0 Å². The summed E-state index contributed by atoms with van der Waals surface area (Å²) in [5.41, 5.74) is 0. The second-order valence-corrected chi connectivity index (χ2v) is 4.76. The van der Waals surface area contributed by atoms with Gasteiger partial charge in [0.15, 0.2) is 0 Å². The largest absolute Gasteiger partial charge is 0.380 e. The Labute approximate surface area is 93.6 Å². The number of nitrogens with one attached hydrogen (secondary N) is 1. The van der Waals surface area contributed by atoms with E-state index in [-0.39, 0.29) is 0 Å². The van der Waals surface area contributed by atoms with Crippen molar-refractivity contribution in [2.75, 3.05) is 54.4 Å². The van der Waals surface area contributed by atoms with Gasteiger partial charge in [-0.15, -0.1) is 0 Å². The molecular weight excluding hydrogens is 190 g/mol. The predicted octanol–water partition coefficient (Wildman–Crippen LogP) is -0.143. The number of rotatable bonds is 6. The molecule has 1 aliphatic rings. The maximum absolute atomic E-state index is 5.33. The van der Waals surface area contributed by atoms with Crippen molar-refractivity contribution in [1.82, 2.24) is 15.1 Å². The first-order valence-corrected chi connectivity index (χ1v) is 5.71. The Bertz CT molecular complexity index is 175. The van der Waals surface area contributed by atoms with E-state index in [1.807, 2.05) is 0 Å². The van der Waals surface area contributed by atoms with Gasteiger partial charge in [0.1, 0.15) is 0 Å². The van der Waals surface area contributed by atoms with Gasteiger partial charge in [-0.25, -0.2) is 0 Å². The van der Waals surface area contributed by atoms with Gasteiger partial charge < -0.3 is 19.9 Å². The summed E-state index contributed by atoms with van der Waals surface area (Å²) in [5.74, 6) is 0. The van der Waals surface area contributed by atoms with Crippen LogP contribution in [-0.2, 0) is 4.74 Å². The number of ether oxygens (including phenoxy) is 1. The summed E-state index contributed by atoms with van der Waals surface area (Å²) < 4.78 is 5.33. The van der Waals surface area contributed by atoms with Crippen molar-refractivity contribution in [3.05, 3.63) is 0 Å². The lowest BCUT2D eigenvalue weighted by Crippen LogP contribution is -2.38.